The lowest BCUT2D eigenvalue weighted by Gasteiger charge is -2.12. The number of aromatic amines is 1. The van der Waals surface area contributed by atoms with Crippen LogP contribution in [-0.2, 0) is 4.74 Å². The van der Waals surface area contributed by atoms with Crippen LogP contribution in [0, 0.1) is 0 Å². The Kier molecular flexibility index (Phi) is 7.34. The number of nitrogens with zero attached hydrogens (tertiary/aromatic N) is 1. The van der Waals surface area contributed by atoms with Crippen molar-refractivity contribution in [3.8, 4) is 0 Å². The van der Waals surface area contributed by atoms with Crippen LogP contribution in [0.3, 0.4) is 0 Å². The van der Waals surface area contributed by atoms with Gasteiger partial charge < -0.3 is 20.7 Å². The predicted molar refractivity (Wildman–Crippen MR) is 122 cm³/mol. The molecule has 0 saturated carbocycles. The van der Waals surface area contributed by atoms with Gasteiger partial charge in [0.25, 0.3) is 5.56 Å². The first kappa shape index (κ1) is 21.3. The smallest absolute Gasteiger partial charge is 0.338 e. The number of carbonyl (C=O) groups is 1. The van der Waals surface area contributed by atoms with Crippen molar-refractivity contribution in [3.05, 3.63) is 64.4 Å². The first-order valence-electron chi connectivity index (χ1n) is 9.62. The summed E-state index contributed by atoms with van der Waals surface area (Å²) >= 11 is 5.31. The maximum Gasteiger partial charge on any atom is 0.338 e. The minimum atomic E-state index is -0.366. The van der Waals surface area contributed by atoms with Gasteiger partial charge in [-0.3, -0.25) is 4.79 Å². The molecule has 0 spiro atoms. The van der Waals surface area contributed by atoms with Gasteiger partial charge in [0.2, 0.25) is 0 Å². The number of hydrogen-bond acceptors (Lipinski definition) is 6. The molecule has 0 fully saturated rings. The molecule has 0 bridgehead atoms. The number of carbonyl (C=O) groups excluding carboxylic acids is 1. The molecule has 2 aromatic carbocycles. The standard InChI is InChI=1S/C21H23N5O3S/c1-2-29-20(28)14-7-5-8-15(13-14)24-21(30)23-12-6-11-22-18-16-9-3-4-10-17(16)19(27)26-25-18/h3-5,7-10,13H,2,6,11-12H2,1H3,(H,22,25)(H,26,27)(H2,23,24,30). The number of hydrogen-bond donors (Lipinski definition) is 4. The number of aromatic nitrogens is 2. The van der Waals surface area contributed by atoms with Crippen LogP contribution in [0.1, 0.15) is 23.7 Å². The molecule has 3 aromatic rings. The van der Waals surface area contributed by atoms with Gasteiger partial charge in [-0.1, -0.05) is 24.3 Å². The zero-order valence-electron chi connectivity index (χ0n) is 16.5. The first-order valence-corrected chi connectivity index (χ1v) is 10.0. The second-order valence-electron chi connectivity index (χ2n) is 6.41. The topological polar surface area (TPSA) is 108 Å². The molecule has 0 aliphatic rings. The Balaban J connectivity index is 1.45. The number of thiocarbonyl (C=S) groups is 1. The summed E-state index contributed by atoms with van der Waals surface area (Å²) in [6.45, 7) is 3.38. The van der Waals surface area contributed by atoms with E-state index in [0.717, 1.165) is 11.8 Å². The molecule has 0 saturated heterocycles. The Hall–Kier alpha value is -3.46. The van der Waals surface area contributed by atoms with Crippen LogP contribution >= 0.6 is 12.2 Å². The maximum absolute atomic E-state index is 11.8. The average molecular weight is 426 g/mol. The van der Waals surface area contributed by atoms with Crippen LogP contribution in [0.4, 0.5) is 11.5 Å². The highest BCUT2D eigenvalue weighted by Gasteiger charge is 2.08. The van der Waals surface area contributed by atoms with E-state index in [-0.39, 0.29) is 11.5 Å². The second kappa shape index (κ2) is 10.4. The molecule has 0 aliphatic carbocycles. The number of fused-ring (bicyclic) bond motifs is 1. The highest BCUT2D eigenvalue weighted by Crippen LogP contribution is 2.16. The minimum Gasteiger partial charge on any atom is -0.462 e. The summed E-state index contributed by atoms with van der Waals surface area (Å²) in [6, 6.07) is 14.3. The van der Waals surface area contributed by atoms with Crippen LogP contribution < -0.4 is 21.5 Å². The number of esters is 1. The second-order valence-corrected chi connectivity index (χ2v) is 6.82. The zero-order valence-corrected chi connectivity index (χ0v) is 17.3. The highest BCUT2D eigenvalue weighted by atomic mass is 32.1. The van der Waals surface area contributed by atoms with Gasteiger partial charge in [0.1, 0.15) is 0 Å². The summed E-state index contributed by atoms with van der Waals surface area (Å²) in [5.41, 5.74) is 0.968. The molecule has 4 N–H and O–H groups in total. The number of rotatable bonds is 8. The van der Waals surface area contributed by atoms with Gasteiger partial charge in [0.15, 0.2) is 10.9 Å². The number of anilines is 2. The van der Waals surface area contributed by atoms with Crippen LogP contribution in [-0.4, -0.2) is 41.0 Å². The van der Waals surface area contributed by atoms with Crippen molar-refractivity contribution in [2.45, 2.75) is 13.3 Å². The molecule has 30 heavy (non-hydrogen) atoms. The van der Waals surface area contributed by atoms with E-state index < -0.39 is 0 Å². The fraction of sp³-hybridized carbons (Fsp3) is 0.238. The molecule has 0 amide bonds. The number of H-pyrrole nitrogens is 1. The Morgan fingerprint density at radius 3 is 2.73 bits per heavy atom. The quantitative estimate of drug-likeness (QED) is 0.248. The third kappa shape index (κ3) is 5.54. The van der Waals surface area contributed by atoms with E-state index in [1.807, 2.05) is 24.3 Å². The number of nitrogens with one attached hydrogen (secondary N) is 4. The molecule has 1 heterocycles. The summed E-state index contributed by atoms with van der Waals surface area (Å²) < 4.78 is 5.00. The van der Waals surface area contributed by atoms with Crippen molar-refractivity contribution < 1.29 is 9.53 Å². The molecule has 3 rings (SSSR count). The van der Waals surface area contributed by atoms with Crippen molar-refractivity contribution >= 4 is 45.6 Å². The SMILES string of the molecule is CCOC(=O)c1cccc(NC(=S)NCCCNc2n[nH]c(=O)c3ccccc23)c1. The van der Waals surface area contributed by atoms with E-state index in [4.69, 9.17) is 17.0 Å². The van der Waals surface area contributed by atoms with Gasteiger partial charge >= 0.3 is 5.97 Å². The van der Waals surface area contributed by atoms with E-state index in [1.54, 1.807) is 31.2 Å². The van der Waals surface area contributed by atoms with E-state index in [0.29, 0.717) is 47.3 Å². The van der Waals surface area contributed by atoms with Gasteiger partial charge in [-0.25, -0.2) is 9.89 Å². The lowest BCUT2D eigenvalue weighted by atomic mass is 10.2. The van der Waals surface area contributed by atoms with Crippen LogP contribution in [0.5, 0.6) is 0 Å². The summed E-state index contributed by atoms with van der Waals surface area (Å²) in [4.78, 5) is 23.6. The van der Waals surface area contributed by atoms with Crippen molar-refractivity contribution in [2.75, 3.05) is 30.3 Å². The lowest BCUT2D eigenvalue weighted by Crippen LogP contribution is -2.30. The molecule has 156 valence electrons. The molecular formula is C21H23N5O3S. The van der Waals surface area contributed by atoms with Crippen LogP contribution in [0.15, 0.2) is 53.3 Å². The average Bonchev–Trinajstić information content (AvgIpc) is 2.75. The maximum atomic E-state index is 11.8. The van der Waals surface area contributed by atoms with Gasteiger partial charge in [-0.05, 0) is 49.8 Å². The minimum absolute atomic E-state index is 0.207. The Bertz CT molecular complexity index is 1100. The number of benzene rings is 2. The molecule has 0 atom stereocenters. The molecule has 0 unspecified atom stereocenters. The molecule has 9 heteroatoms. The summed E-state index contributed by atoms with van der Waals surface area (Å²) in [6.07, 6.45) is 0.778. The molecule has 0 aliphatic heterocycles. The molecule has 0 radical (unpaired) electrons. The molecular weight excluding hydrogens is 402 g/mol. The van der Waals surface area contributed by atoms with E-state index in [2.05, 4.69) is 26.1 Å². The summed E-state index contributed by atoms with van der Waals surface area (Å²) in [7, 11) is 0. The normalized spacial score (nSPS) is 10.4. The van der Waals surface area contributed by atoms with Crippen molar-refractivity contribution in [2.24, 2.45) is 0 Å². The van der Waals surface area contributed by atoms with E-state index in [9.17, 15) is 9.59 Å². The lowest BCUT2D eigenvalue weighted by molar-refractivity contribution is 0.0526. The number of ether oxygens (including phenoxy) is 1. The fourth-order valence-corrected chi connectivity index (χ4v) is 3.08. The molecule has 8 nitrogen and oxygen atoms in total. The van der Waals surface area contributed by atoms with E-state index in [1.165, 1.54) is 0 Å². The monoisotopic (exact) mass is 425 g/mol. The van der Waals surface area contributed by atoms with E-state index >= 15 is 0 Å². The predicted octanol–water partition coefficient (Wildman–Crippen LogP) is 2.89. The van der Waals surface area contributed by atoms with Gasteiger partial charge in [-0.15, -0.1) is 0 Å². The van der Waals surface area contributed by atoms with Crippen molar-refractivity contribution in [3.63, 3.8) is 0 Å². The summed E-state index contributed by atoms with van der Waals surface area (Å²) in [5, 5.41) is 17.9. The Labute approximate surface area is 179 Å². The largest absolute Gasteiger partial charge is 0.462 e. The van der Waals surface area contributed by atoms with Crippen molar-refractivity contribution in [1.82, 2.24) is 15.5 Å². The Morgan fingerprint density at radius 2 is 1.93 bits per heavy atom. The van der Waals surface area contributed by atoms with Gasteiger partial charge in [-0.2, -0.15) is 5.10 Å². The molecule has 1 aromatic heterocycles. The van der Waals surface area contributed by atoms with Crippen LogP contribution in [0.25, 0.3) is 10.8 Å². The first-order chi connectivity index (χ1) is 14.6. The third-order valence-electron chi connectivity index (χ3n) is 4.26. The van der Waals surface area contributed by atoms with Gasteiger partial charge in [0.05, 0.1) is 17.6 Å². The Morgan fingerprint density at radius 1 is 1.13 bits per heavy atom. The summed E-state index contributed by atoms with van der Waals surface area (Å²) in [5.74, 6) is 0.274. The zero-order chi connectivity index (χ0) is 21.3. The van der Waals surface area contributed by atoms with Gasteiger partial charge in [0, 0.05) is 24.2 Å². The van der Waals surface area contributed by atoms with Crippen molar-refractivity contribution in [1.29, 1.82) is 0 Å². The highest BCUT2D eigenvalue weighted by molar-refractivity contribution is 7.80. The van der Waals surface area contributed by atoms with Crippen LogP contribution in [0.2, 0.25) is 0 Å². The fourth-order valence-electron chi connectivity index (χ4n) is 2.86. The third-order valence-corrected chi connectivity index (χ3v) is 4.51.